The summed E-state index contributed by atoms with van der Waals surface area (Å²) >= 11 is 2.02. The standard InChI is InChI=1S/C15H21NOS/c1-2-5-13(6-3-1)11-14-7-9-17-15(16-14)8-4-10-18-12-15/h1-3,5-6,14,16H,4,7-12H2. The highest BCUT2D eigenvalue weighted by Gasteiger charge is 2.38. The van der Waals surface area contributed by atoms with E-state index >= 15 is 0 Å². The molecule has 2 saturated heterocycles. The molecule has 1 aromatic rings. The van der Waals surface area contributed by atoms with Crippen LogP contribution in [0.5, 0.6) is 0 Å². The molecule has 3 rings (SSSR count). The molecule has 0 aromatic heterocycles. The third-order valence-electron chi connectivity index (χ3n) is 3.84. The second-order valence-electron chi connectivity index (χ2n) is 5.32. The Labute approximate surface area is 113 Å². The first-order chi connectivity index (χ1) is 8.86. The third kappa shape index (κ3) is 2.90. The molecule has 2 heterocycles. The van der Waals surface area contributed by atoms with Gasteiger partial charge in [0.1, 0.15) is 5.72 Å². The van der Waals surface area contributed by atoms with Gasteiger partial charge in [-0.15, -0.1) is 0 Å². The molecular weight excluding hydrogens is 242 g/mol. The summed E-state index contributed by atoms with van der Waals surface area (Å²) in [5, 5.41) is 3.77. The first kappa shape index (κ1) is 12.5. The average molecular weight is 263 g/mol. The normalized spacial score (nSPS) is 32.6. The van der Waals surface area contributed by atoms with Crippen molar-refractivity contribution in [1.82, 2.24) is 5.32 Å². The van der Waals surface area contributed by atoms with E-state index in [2.05, 4.69) is 35.6 Å². The van der Waals surface area contributed by atoms with E-state index in [0.29, 0.717) is 6.04 Å². The van der Waals surface area contributed by atoms with Crippen molar-refractivity contribution in [3.05, 3.63) is 35.9 Å². The number of hydrogen-bond acceptors (Lipinski definition) is 3. The maximum absolute atomic E-state index is 6.04. The maximum Gasteiger partial charge on any atom is 0.128 e. The molecule has 0 aliphatic carbocycles. The Bertz CT molecular complexity index is 370. The summed E-state index contributed by atoms with van der Waals surface area (Å²) in [4.78, 5) is 0. The van der Waals surface area contributed by atoms with Gasteiger partial charge in [-0.1, -0.05) is 30.3 Å². The fourth-order valence-electron chi connectivity index (χ4n) is 2.93. The number of thioether (sulfide) groups is 1. The summed E-state index contributed by atoms with van der Waals surface area (Å²) < 4.78 is 6.04. The molecule has 0 amide bonds. The molecule has 1 N–H and O–H groups in total. The minimum atomic E-state index is -0.0272. The van der Waals surface area contributed by atoms with E-state index in [-0.39, 0.29) is 5.72 Å². The highest BCUT2D eigenvalue weighted by Crippen LogP contribution is 2.31. The summed E-state index contributed by atoms with van der Waals surface area (Å²) in [5.41, 5.74) is 1.40. The summed E-state index contributed by atoms with van der Waals surface area (Å²) in [6, 6.07) is 11.3. The Morgan fingerprint density at radius 2 is 2.22 bits per heavy atom. The van der Waals surface area contributed by atoms with Gasteiger partial charge in [-0.2, -0.15) is 11.8 Å². The molecule has 2 atom stereocenters. The fourth-order valence-corrected chi connectivity index (χ4v) is 4.06. The minimum Gasteiger partial charge on any atom is -0.360 e. The first-order valence-corrected chi connectivity index (χ1v) is 8.05. The van der Waals surface area contributed by atoms with E-state index in [1.165, 1.54) is 24.2 Å². The van der Waals surface area contributed by atoms with Crippen LogP contribution in [0.4, 0.5) is 0 Å². The predicted octanol–water partition coefficient (Wildman–Crippen LogP) is 2.83. The van der Waals surface area contributed by atoms with Gasteiger partial charge in [0.2, 0.25) is 0 Å². The van der Waals surface area contributed by atoms with Gasteiger partial charge in [0, 0.05) is 11.8 Å². The molecular formula is C15H21NOS. The summed E-state index contributed by atoms with van der Waals surface area (Å²) in [7, 11) is 0. The Kier molecular flexibility index (Phi) is 3.92. The second-order valence-corrected chi connectivity index (χ2v) is 6.42. The summed E-state index contributed by atoms with van der Waals surface area (Å²) in [5.74, 6) is 2.40. The molecule has 1 aromatic carbocycles. The molecule has 1 spiro atoms. The molecule has 2 nitrogen and oxygen atoms in total. The van der Waals surface area contributed by atoms with E-state index in [1.54, 1.807) is 0 Å². The Morgan fingerprint density at radius 3 is 3.00 bits per heavy atom. The van der Waals surface area contributed by atoms with Crippen molar-refractivity contribution < 1.29 is 4.74 Å². The number of benzene rings is 1. The Balaban J connectivity index is 1.63. The molecule has 2 unspecified atom stereocenters. The van der Waals surface area contributed by atoms with Crippen LogP contribution in [0.3, 0.4) is 0 Å². The van der Waals surface area contributed by atoms with E-state index in [0.717, 1.165) is 25.2 Å². The monoisotopic (exact) mass is 263 g/mol. The summed E-state index contributed by atoms with van der Waals surface area (Å²) in [6.45, 7) is 0.908. The van der Waals surface area contributed by atoms with Gasteiger partial charge in [-0.3, -0.25) is 5.32 Å². The third-order valence-corrected chi connectivity index (χ3v) is 5.09. The van der Waals surface area contributed by atoms with E-state index < -0.39 is 0 Å². The number of nitrogens with one attached hydrogen (secondary N) is 1. The first-order valence-electron chi connectivity index (χ1n) is 6.90. The fraction of sp³-hybridized carbons (Fsp3) is 0.600. The molecule has 3 heteroatoms. The highest BCUT2D eigenvalue weighted by atomic mass is 32.2. The van der Waals surface area contributed by atoms with Crippen molar-refractivity contribution in [2.24, 2.45) is 0 Å². The predicted molar refractivity (Wildman–Crippen MR) is 76.9 cm³/mol. The van der Waals surface area contributed by atoms with E-state index in [4.69, 9.17) is 4.74 Å². The molecule has 98 valence electrons. The van der Waals surface area contributed by atoms with Crippen molar-refractivity contribution in [2.75, 3.05) is 18.1 Å². The van der Waals surface area contributed by atoms with Crippen LogP contribution in [0.1, 0.15) is 24.8 Å². The molecule has 0 saturated carbocycles. The zero-order valence-electron chi connectivity index (χ0n) is 10.7. The molecule has 18 heavy (non-hydrogen) atoms. The molecule has 2 aliphatic heterocycles. The van der Waals surface area contributed by atoms with Crippen LogP contribution in [0, 0.1) is 0 Å². The van der Waals surface area contributed by atoms with Gasteiger partial charge in [-0.05, 0) is 37.0 Å². The Morgan fingerprint density at radius 1 is 1.33 bits per heavy atom. The lowest BCUT2D eigenvalue weighted by Gasteiger charge is -2.44. The van der Waals surface area contributed by atoms with Crippen LogP contribution in [0.15, 0.2) is 30.3 Å². The zero-order valence-corrected chi connectivity index (χ0v) is 11.5. The lowest BCUT2D eigenvalue weighted by atomic mass is 9.98. The SMILES string of the molecule is c1ccc(CC2CCOC3(CCCSC3)N2)cc1. The Hall–Kier alpha value is -0.510. The zero-order chi connectivity index (χ0) is 12.3. The number of ether oxygens (including phenoxy) is 1. The molecule has 2 aliphatic rings. The summed E-state index contributed by atoms with van der Waals surface area (Å²) in [6.07, 6.45) is 4.69. The van der Waals surface area contributed by atoms with Gasteiger partial charge in [-0.25, -0.2) is 0 Å². The van der Waals surface area contributed by atoms with Crippen LogP contribution in [-0.4, -0.2) is 29.9 Å². The van der Waals surface area contributed by atoms with E-state index in [1.807, 2.05) is 11.8 Å². The van der Waals surface area contributed by atoms with Crippen molar-refractivity contribution >= 4 is 11.8 Å². The lowest BCUT2D eigenvalue weighted by Crippen LogP contribution is -2.59. The van der Waals surface area contributed by atoms with Crippen molar-refractivity contribution in [3.8, 4) is 0 Å². The van der Waals surface area contributed by atoms with Crippen molar-refractivity contribution in [2.45, 2.75) is 37.5 Å². The number of rotatable bonds is 2. The van der Waals surface area contributed by atoms with E-state index in [9.17, 15) is 0 Å². The van der Waals surface area contributed by atoms with Crippen molar-refractivity contribution in [3.63, 3.8) is 0 Å². The van der Waals surface area contributed by atoms with Crippen LogP contribution < -0.4 is 5.32 Å². The second kappa shape index (κ2) is 5.64. The maximum atomic E-state index is 6.04. The highest BCUT2D eigenvalue weighted by molar-refractivity contribution is 7.99. The quantitative estimate of drug-likeness (QED) is 0.886. The van der Waals surface area contributed by atoms with Crippen LogP contribution in [-0.2, 0) is 11.2 Å². The lowest BCUT2D eigenvalue weighted by molar-refractivity contribution is -0.100. The van der Waals surface area contributed by atoms with Gasteiger partial charge >= 0.3 is 0 Å². The topological polar surface area (TPSA) is 21.3 Å². The minimum absolute atomic E-state index is 0.0272. The van der Waals surface area contributed by atoms with Crippen LogP contribution >= 0.6 is 11.8 Å². The average Bonchev–Trinajstić information content (AvgIpc) is 2.41. The van der Waals surface area contributed by atoms with Gasteiger partial charge in [0.15, 0.2) is 0 Å². The molecule has 0 radical (unpaired) electrons. The van der Waals surface area contributed by atoms with Crippen LogP contribution in [0.25, 0.3) is 0 Å². The smallest absolute Gasteiger partial charge is 0.128 e. The van der Waals surface area contributed by atoms with Gasteiger partial charge in [0.25, 0.3) is 0 Å². The van der Waals surface area contributed by atoms with Gasteiger partial charge in [0.05, 0.1) is 6.61 Å². The molecule has 0 bridgehead atoms. The number of hydrogen-bond donors (Lipinski definition) is 1. The molecule has 2 fully saturated rings. The van der Waals surface area contributed by atoms with Gasteiger partial charge < -0.3 is 4.74 Å². The largest absolute Gasteiger partial charge is 0.360 e. The van der Waals surface area contributed by atoms with Crippen LogP contribution in [0.2, 0.25) is 0 Å². The van der Waals surface area contributed by atoms with Crippen molar-refractivity contribution in [1.29, 1.82) is 0 Å².